The lowest BCUT2D eigenvalue weighted by Crippen LogP contribution is -2.35. The van der Waals surface area contributed by atoms with Gasteiger partial charge < -0.3 is 5.73 Å². The first-order chi connectivity index (χ1) is 10.00. The van der Waals surface area contributed by atoms with E-state index < -0.39 is 10.2 Å². The van der Waals surface area contributed by atoms with Gasteiger partial charge in [-0.3, -0.25) is 0 Å². The van der Waals surface area contributed by atoms with Crippen LogP contribution in [-0.2, 0) is 16.8 Å². The number of nitrogens with zero attached hydrogens (tertiary/aromatic N) is 2. The number of nitrogens with two attached hydrogens (primary N) is 1. The van der Waals surface area contributed by atoms with E-state index in [2.05, 4.69) is 9.71 Å². The minimum Gasteiger partial charge on any atom is -0.326 e. The summed E-state index contributed by atoms with van der Waals surface area (Å²) in [5.74, 6) is 0. The quantitative estimate of drug-likeness (QED) is 0.805. The molecule has 0 unspecified atom stereocenters. The Morgan fingerprint density at radius 2 is 2.05 bits per heavy atom. The summed E-state index contributed by atoms with van der Waals surface area (Å²) in [6, 6.07) is 3.91. The van der Waals surface area contributed by atoms with Crippen molar-refractivity contribution in [2.45, 2.75) is 20.4 Å². The van der Waals surface area contributed by atoms with Crippen molar-refractivity contribution in [3.8, 4) is 10.6 Å². The highest BCUT2D eigenvalue weighted by molar-refractivity contribution is 7.90. The van der Waals surface area contributed by atoms with E-state index in [4.69, 9.17) is 5.73 Å². The Labute approximate surface area is 132 Å². The van der Waals surface area contributed by atoms with Crippen LogP contribution in [-0.4, -0.2) is 30.8 Å². The number of rotatable bonds is 7. The molecule has 0 aliphatic rings. The smallest absolute Gasteiger partial charge is 0.303 e. The van der Waals surface area contributed by atoms with Crippen LogP contribution in [0.4, 0.5) is 5.13 Å². The van der Waals surface area contributed by atoms with Gasteiger partial charge in [-0.05, 0) is 12.1 Å². The Hall–Kier alpha value is -1.00. The van der Waals surface area contributed by atoms with Gasteiger partial charge in [-0.1, -0.05) is 13.8 Å². The zero-order valence-electron chi connectivity index (χ0n) is 11.9. The average Bonchev–Trinajstić information content (AvgIpc) is 3.07. The third-order valence-corrected chi connectivity index (χ3v) is 6.55. The Morgan fingerprint density at radius 3 is 2.62 bits per heavy atom. The first-order valence-electron chi connectivity index (χ1n) is 6.52. The van der Waals surface area contributed by atoms with Crippen LogP contribution < -0.4 is 10.5 Å². The van der Waals surface area contributed by atoms with Crippen LogP contribution in [0.2, 0.25) is 0 Å². The van der Waals surface area contributed by atoms with Crippen LogP contribution >= 0.6 is 22.7 Å². The van der Waals surface area contributed by atoms with Crippen LogP contribution in [0.3, 0.4) is 0 Å². The lowest BCUT2D eigenvalue weighted by molar-refractivity contribution is 0.449. The molecular formula is C12H18N4O2S3. The van der Waals surface area contributed by atoms with Gasteiger partial charge in [0.1, 0.15) is 0 Å². The van der Waals surface area contributed by atoms with Crippen molar-refractivity contribution in [1.29, 1.82) is 0 Å². The van der Waals surface area contributed by atoms with Gasteiger partial charge in [-0.25, -0.2) is 9.71 Å². The minimum absolute atomic E-state index is 0.375. The van der Waals surface area contributed by atoms with E-state index in [1.807, 2.05) is 17.5 Å². The normalized spacial score (nSPS) is 12.0. The van der Waals surface area contributed by atoms with Gasteiger partial charge in [0.2, 0.25) is 0 Å². The van der Waals surface area contributed by atoms with Crippen molar-refractivity contribution in [1.82, 2.24) is 9.29 Å². The second-order valence-electron chi connectivity index (χ2n) is 4.20. The molecule has 2 aromatic heterocycles. The molecule has 6 nitrogen and oxygen atoms in total. The van der Waals surface area contributed by atoms with Crippen LogP contribution in [0, 0.1) is 0 Å². The van der Waals surface area contributed by atoms with Crippen molar-refractivity contribution in [2.75, 3.05) is 17.8 Å². The molecule has 0 aliphatic heterocycles. The molecule has 0 saturated heterocycles. The lowest BCUT2D eigenvalue weighted by Gasteiger charge is -2.17. The van der Waals surface area contributed by atoms with Crippen molar-refractivity contribution in [3.05, 3.63) is 22.4 Å². The molecule has 3 N–H and O–H groups in total. The number of hydrogen-bond donors (Lipinski definition) is 2. The highest BCUT2D eigenvalue weighted by Gasteiger charge is 2.20. The molecule has 0 fully saturated rings. The van der Waals surface area contributed by atoms with Gasteiger partial charge in [-0.15, -0.1) is 22.7 Å². The first-order valence-corrected chi connectivity index (χ1v) is 9.66. The van der Waals surface area contributed by atoms with E-state index in [1.165, 1.54) is 15.6 Å². The number of thiazole rings is 1. The molecule has 2 rings (SSSR count). The van der Waals surface area contributed by atoms with E-state index in [-0.39, 0.29) is 0 Å². The van der Waals surface area contributed by atoms with Crippen LogP contribution in [0.15, 0.2) is 17.5 Å². The van der Waals surface area contributed by atoms with E-state index in [9.17, 15) is 8.42 Å². The molecular weight excluding hydrogens is 328 g/mol. The van der Waals surface area contributed by atoms with Crippen LogP contribution in [0.1, 0.15) is 18.7 Å². The van der Waals surface area contributed by atoms with E-state index in [0.29, 0.717) is 24.8 Å². The second-order valence-corrected chi connectivity index (χ2v) is 7.90. The van der Waals surface area contributed by atoms with E-state index in [1.54, 1.807) is 25.2 Å². The fourth-order valence-electron chi connectivity index (χ4n) is 1.80. The summed E-state index contributed by atoms with van der Waals surface area (Å²) in [6.07, 6.45) is 0. The molecule has 2 aromatic rings. The molecule has 2 heterocycles. The third kappa shape index (κ3) is 3.80. The van der Waals surface area contributed by atoms with Crippen molar-refractivity contribution in [3.63, 3.8) is 0 Å². The van der Waals surface area contributed by atoms with Gasteiger partial charge >= 0.3 is 10.2 Å². The Bertz CT molecular complexity index is 689. The SMILES string of the molecule is CCN(CC)S(=O)(=O)Nc1nc(-c2ccc(CN)s2)cs1. The number of anilines is 1. The van der Waals surface area contributed by atoms with Gasteiger partial charge in [0.05, 0.1) is 10.6 Å². The highest BCUT2D eigenvalue weighted by Crippen LogP contribution is 2.31. The molecule has 0 aliphatic carbocycles. The molecule has 9 heteroatoms. The summed E-state index contributed by atoms with van der Waals surface area (Å²) in [5, 5.41) is 2.21. The van der Waals surface area contributed by atoms with E-state index in [0.717, 1.165) is 15.4 Å². The fourth-order valence-corrected chi connectivity index (χ4v) is 4.86. The number of aromatic nitrogens is 1. The zero-order valence-corrected chi connectivity index (χ0v) is 14.3. The molecule has 0 bridgehead atoms. The predicted molar refractivity (Wildman–Crippen MR) is 88.8 cm³/mol. The van der Waals surface area contributed by atoms with E-state index >= 15 is 0 Å². The van der Waals surface area contributed by atoms with Crippen LogP contribution in [0.25, 0.3) is 10.6 Å². The van der Waals surface area contributed by atoms with Gasteiger partial charge in [0.25, 0.3) is 0 Å². The standard InChI is InChI=1S/C12H18N4O2S3/c1-3-16(4-2)21(17,18)15-12-14-10(8-19-12)11-6-5-9(7-13)20-11/h5-6,8H,3-4,7,13H2,1-2H3,(H,14,15). The Morgan fingerprint density at radius 1 is 1.33 bits per heavy atom. The topological polar surface area (TPSA) is 88.3 Å². The molecule has 0 amide bonds. The van der Waals surface area contributed by atoms with Crippen molar-refractivity contribution in [2.24, 2.45) is 5.73 Å². The summed E-state index contributed by atoms with van der Waals surface area (Å²) in [7, 11) is -3.53. The Kier molecular flexibility index (Phi) is 5.33. The maximum atomic E-state index is 12.1. The number of hydrogen-bond acceptors (Lipinski definition) is 6. The van der Waals surface area contributed by atoms with Crippen molar-refractivity contribution >= 4 is 38.0 Å². The molecule has 0 atom stereocenters. The monoisotopic (exact) mass is 346 g/mol. The molecule has 0 saturated carbocycles. The third-order valence-electron chi connectivity index (χ3n) is 2.88. The molecule has 0 spiro atoms. The molecule has 0 aromatic carbocycles. The largest absolute Gasteiger partial charge is 0.326 e. The maximum absolute atomic E-state index is 12.1. The first kappa shape index (κ1) is 16.4. The van der Waals surface area contributed by atoms with Gasteiger partial charge in [0.15, 0.2) is 5.13 Å². The maximum Gasteiger partial charge on any atom is 0.303 e. The predicted octanol–water partition coefficient (Wildman–Crippen LogP) is 2.33. The second kappa shape index (κ2) is 6.84. The van der Waals surface area contributed by atoms with Crippen molar-refractivity contribution < 1.29 is 8.42 Å². The summed E-state index contributed by atoms with van der Waals surface area (Å²) in [6.45, 7) is 4.95. The summed E-state index contributed by atoms with van der Waals surface area (Å²) >= 11 is 2.84. The summed E-state index contributed by atoms with van der Waals surface area (Å²) in [4.78, 5) is 6.39. The average molecular weight is 347 g/mol. The molecule has 21 heavy (non-hydrogen) atoms. The van der Waals surface area contributed by atoms with Gasteiger partial charge in [0, 0.05) is 29.9 Å². The number of thiophene rings is 1. The number of nitrogens with one attached hydrogen (secondary N) is 1. The summed E-state index contributed by atoms with van der Waals surface area (Å²) in [5.41, 5.74) is 6.35. The Balaban J connectivity index is 2.17. The molecule has 0 radical (unpaired) electrons. The fraction of sp³-hybridized carbons (Fsp3) is 0.417. The van der Waals surface area contributed by atoms with Gasteiger partial charge in [-0.2, -0.15) is 12.7 Å². The van der Waals surface area contributed by atoms with Crippen LogP contribution in [0.5, 0.6) is 0 Å². The lowest BCUT2D eigenvalue weighted by atomic mass is 10.4. The summed E-state index contributed by atoms with van der Waals surface area (Å²) < 4.78 is 28.1. The zero-order chi connectivity index (χ0) is 15.5. The minimum atomic E-state index is -3.53. The highest BCUT2D eigenvalue weighted by atomic mass is 32.2. The molecule has 116 valence electrons.